The van der Waals surface area contributed by atoms with E-state index >= 15 is 0 Å². The van der Waals surface area contributed by atoms with E-state index in [1.54, 1.807) is 13.2 Å². The van der Waals surface area contributed by atoms with Gasteiger partial charge in [0.05, 0.1) is 23.5 Å². The summed E-state index contributed by atoms with van der Waals surface area (Å²) < 4.78 is 5.18. The van der Waals surface area contributed by atoms with Crippen molar-refractivity contribution >= 4 is 28.7 Å². The Morgan fingerprint density at radius 1 is 1.17 bits per heavy atom. The molecule has 4 heteroatoms. The third-order valence-electron chi connectivity index (χ3n) is 2.63. The molecule has 0 aliphatic heterocycles. The summed E-state index contributed by atoms with van der Waals surface area (Å²) in [6, 6.07) is 11.4. The summed E-state index contributed by atoms with van der Waals surface area (Å²) in [5.41, 5.74) is 9.27. The van der Waals surface area contributed by atoms with Gasteiger partial charge in [-0.3, -0.25) is 0 Å². The number of hydrogen-bond donors (Lipinski definition) is 2. The topological polar surface area (TPSA) is 47.3 Å². The van der Waals surface area contributed by atoms with Crippen LogP contribution in [-0.4, -0.2) is 7.11 Å². The minimum absolute atomic E-state index is 0.610. The molecule has 0 aliphatic carbocycles. The van der Waals surface area contributed by atoms with Gasteiger partial charge in [0.15, 0.2) is 0 Å². The van der Waals surface area contributed by atoms with Crippen LogP contribution in [0.2, 0.25) is 5.02 Å². The highest BCUT2D eigenvalue weighted by Gasteiger charge is 2.04. The van der Waals surface area contributed by atoms with Gasteiger partial charge >= 0.3 is 0 Å². The van der Waals surface area contributed by atoms with Crippen LogP contribution in [0.15, 0.2) is 36.4 Å². The molecule has 0 fully saturated rings. The van der Waals surface area contributed by atoms with E-state index in [-0.39, 0.29) is 0 Å². The molecule has 0 spiro atoms. The molecule has 0 amide bonds. The molecule has 0 aromatic heterocycles. The molecular formula is C14H15ClN2O. The van der Waals surface area contributed by atoms with Gasteiger partial charge in [0.2, 0.25) is 0 Å². The van der Waals surface area contributed by atoms with Crippen LogP contribution in [0.5, 0.6) is 5.75 Å². The Bertz CT molecular complexity index is 570. The summed E-state index contributed by atoms with van der Waals surface area (Å²) >= 11 is 6.13. The van der Waals surface area contributed by atoms with E-state index in [0.717, 1.165) is 16.9 Å². The van der Waals surface area contributed by atoms with Crippen molar-refractivity contribution in [3.05, 3.63) is 47.0 Å². The molecule has 0 aliphatic rings. The number of anilines is 3. The molecule has 18 heavy (non-hydrogen) atoms. The number of nitrogen functional groups attached to an aromatic ring is 1. The molecule has 2 aromatic rings. The van der Waals surface area contributed by atoms with Crippen molar-refractivity contribution in [3.8, 4) is 5.75 Å². The molecule has 3 N–H and O–H groups in total. The van der Waals surface area contributed by atoms with Crippen LogP contribution in [0.3, 0.4) is 0 Å². The van der Waals surface area contributed by atoms with Gasteiger partial charge in [0, 0.05) is 11.8 Å². The van der Waals surface area contributed by atoms with Gasteiger partial charge in [-0.25, -0.2) is 0 Å². The van der Waals surface area contributed by atoms with E-state index in [1.807, 2.05) is 37.3 Å². The number of methoxy groups -OCH3 is 1. The fourth-order valence-corrected chi connectivity index (χ4v) is 1.84. The summed E-state index contributed by atoms with van der Waals surface area (Å²) in [7, 11) is 1.59. The average molecular weight is 263 g/mol. The summed E-state index contributed by atoms with van der Waals surface area (Å²) in [4.78, 5) is 0. The number of ether oxygens (including phenoxy) is 1. The number of nitrogens with two attached hydrogens (primary N) is 1. The first-order valence-electron chi connectivity index (χ1n) is 5.57. The number of rotatable bonds is 3. The first kappa shape index (κ1) is 12.6. The SMILES string of the molecule is COc1cc(Nc2cc(C)ccc2Cl)ccc1N. The Kier molecular flexibility index (Phi) is 3.63. The minimum atomic E-state index is 0.610. The fourth-order valence-electron chi connectivity index (χ4n) is 1.68. The Hall–Kier alpha value is -1.87. The normalized spacial score (nSPS) is 10.2. The number of nitrogens with one attached hydrogen (secondary N) is 1. The standard InChI is InChI=1S/C14H15ClN2O/c1-9-3-5-11(15)13(7-9)17-10-4-6-12(16)14(8-10)18-2/h3-8,17H,16H2,1-2H3. The second kappa shape index (κ2) is 5.19. The summed E-state index contributed by atoms with van der Waals surface area (Å²) in [5, 5.41) is 3.92. The zero-order chi connectivity index (χ0) is 13.1. The Morgan fingerprint density at radius 2 is 1.94 bits per heavy atom. The van der Waals surface area contributed by atoms with E-state index in [1.165, 1.54) is 0 Å². The van der Waals surface area contributed by atoms with Crippen LogP contribution in [-0.2, 0) is 0 Å². The van der Waals surface area contributed by atoms with Crippen LogP contribution < -0.4 is 15.8 Å². The number of hydrogen-bond acceptors (Lipinski definition) is 3. The first-order chi connectivity index (χ1) is 8.60. The zero-order valence-electron chi connectivity index (χ0n) is 10.3. The maximum atomic E-state index is 6.13. The highest BCUT2D eigenvalue weighted by Crippen LogP contribution is 2.30. The summed E-state index contributed by atoms with van der Waals surface area (Å²) in [6.07, 6.45) is 0. The van der Waals surface area contributed by atoms with Gasteiger partial charge in [0.25, 0.3) is 0 Å². The lowest BCUT2D eigenvalue weighted by atomic mass is 10.2. The van der Waals surface area contributed by atoms with E-state index in [9.17, 15) is 0 Å². The molecule has 0 unspecified atom stereocenters. The molecule has 0 saturated heterocycles. The van der Waals surface area contributed by atoms with Crippen LogP contribution in [0.25, 0.3) is 0 Å². The van der Waals surface area contributed by atoms with Crippen molar-refractivity contribution in [1.82, 2.24) is 0 Å². The van der Waals surface area contributed by atoms with Gasteiger partial charge in [-0.15, -0.1) is 0 Å². The predicted octanol–water partition coefficient (Wildman–Crippen LogP) is 3.98. The number of aryl methyl sites for hydroxylation is 1. The van der Waals surface area contributed by atoms with Crippen LogP contribution in [0.1, 0.15) is 5.56 Å². The van der Waals surface area contributed by atoms with E-state index in [4.69, 9.17) is 22.1 Å². The Labute approximate surface area is 112 Å². The largest absolute Gasteiger partial charge is 0.495 e. The van der Waals surface area contributed by atoms with Crippen molar-refractivity contribution < 1.29 is 4.74 Å². The molecular weight excluding hydrogens is 248 g/mol. The highest BCUT2D eigenvalue weighted by molar-refractivity contribution is 6.33. The van der Waals surface area contributed by atoms with E-state index in [0.29, 0.717) is 16.5 Å². The van der Waals surface area contributed by atoms with Crippen molar-refractivity contribution in [2.24, 2.45) is 0 Å². The third-order valence-corrected chi connectivity index (χ3v) is 2.96. The Balaban J connectivity index is 2.31. The summed E-state index contributed by atoms with van der Waals surface area (Å²) in [5.74, 6) is 0.642. The second-order valence-corrected chi connectivity index (χ2v) is 4.47. The molecule has 0 saturated carbocycles. The molecule has 94 valence electrons. The predicted molar refractivity (Wildman–Crippen MR) is 76.9 cm³/mol. The van der Waals surface area contributed by atoms with Gasteiger partial charge in [0.1, 0.15) is 5.75 Å². The van der Waals surface area contributed by atoms with Crippen molar-refractivity contribution in [3.63, 3.8) is 0 Å². The molecule has 3 nitrogen and oxygen atoms in total. The van der Waals surface area contributed by atoms with E-state index in [2.05, 4.69) is 5.32 Å². The van der Waals surface area contributed by atoms with Gasteiger partial charge in [-0.05, 0) is 36.8 Å². The summed E-state index contributed by atoms with van der Waals surface area (Å²) in [6.45, 7) is 2.02. The molecule has 2 aromatic carbocycles. The first-order valence-corrected chi connectivity index (χ1v) is 5.94. The fraction of sp³-hybridized carbons (Fsp3) is 0.143. The van der Waals surface area contributed by atoms with Crippen LogP contribution in [0, 0.1) is 6.92 Å². The van der Waals surface area contributed by atoms with Gasteiger partial charge in [-0.2, -0.15) is 0 Å². The molecule has 0 heterocycles. The number of benzene rings is 2. The van der Waals surface area contributed by atoms with E-state index < -0.39 is 0 Å². The van der Waals surface area contributed by atoms with Crippen LogP contribution >= 0.6 is 11.6 Å². The average Bonchev–Trinajstić information content (AvgIpc) is 2.36. The van der Waals surface area contributed by atoms with Crippen molar-refractivity contribution in [2.45, 2.75) is 6.92 Å². The van der Waals surface area contributed by atoms with Crippen LogP contribution in [0.4, 0.5) is 17.1 Å². The van der Waals surface area contributed by atoms with Gasteiger partial charge in [-0.1, -0.05) is 17.7 Å². The lowest BCUT2D eigenvalue weighted by Crippen LogP contribution is -1.96. The molecule has 2 rings (SSSR count). The zero-order valence-corrected chi connectivity index (χ0v) is 11.1. The lowest BCUT2D eigenvalue weighted by Gasteiger charge is -2.11. The molecule has 0 radical (unpaired) electrons. The smallest absolute Gasteiger partial charge is 0.143 e. The third kappa shape index (κ3) is 2.68. The molecule has 0 bridgehead atoms. The Morgan fingerprint density at radius 3 is 2.67 bits per heavy atom. The highest BCUT2D eigenvalue weighted by atomic mass is 35.5. The maximum Gasteiger partial charge on any atom is 0.143 e. The minimum Gasteiger partial charge on any atom is -0.495 e. The lowest BCUT2D eigenvalue weighted by molar-refractivity contribution is 0.417. The van der Waals surface area contributed by atoms with Gasteiger partial charge < -0.3 is 15.8 Å². The van der Waals surface area contributed by atoms with Crippen molar-refractivity contribution in [1.29, 1.82) is 0 Å². The maximum absolute atomic E-state index is 6.13. The van der Waals surface area contributed by atoms with Crippen molar-refractivity contribution in [2.75, 3.05) is 18.2 Å². The monoisotopic (exact) mass is 262 g/mol. The molecule has 0 atom stereocenters. The quantitative estimate of drug-likeness (QED) is 0.823. The number of halogens is 1. The second-order valence-electron chi connectivity index (χ2n) is 4.07.